The highest BCUT2D eigenvalue weighted by Gasteiger charge is 2.23. The molecule has 1 amide bonds. The van der Waals surface area contributed by atoms with Crippen LogP contribution in [0.25, 0.3) is 12.2 Å². The van der Waals surface area contributed by atoms with Crippen molar-refractivity contribution in [3.8, 4) is 0 Å². The number of benzene rings is 1. The van der Waals surface area contributed by atoms with Gasteiger partial charge in [-0.25, -0.2) is 0 Å². The Morgan fingerprint density at radius 1 is 1.06 bits per heavy atom. The van der Waals surface area contributed by atoms with Crippen LogP contribution >= 0.6 is 11.3 Å². The van der Waals surface area contributed by atoms with Gasteiger partial charge in [-0.15, -0.1) is 11.3 Å². The van der Waals surface area contributed by atoms with Crippen LogP contribution in [-0.2, 0) is 22.6 Å². The second kappa shape index (κ2) is 10.4. The fourth-order valence-corrected chi connectivity index (χ4v) is 4.55. The molecular formula is C26H36N2O3S. The SMILES string of the molecule is CCc1ccc(/C=c2/s/c(=C/C(=O)C(C)(C)C)n(CC(=O)N(C(C)C)C(C)C)c2=O)cc1. The van der Waals surface area contributed by atoms with Crippen LogP contribution in [0.3, 0.4) is 0 Å². The van der Waals surface area contributed by atoms with Crippen molar-refractivity contribution in [3.05, 3.63) is 54.9 Å². The molecule has 0 bridgehead atoms. The maximum absolute atomic E-state index is 13.3. The molecule has 6 heteroatoms. The lowest BCUT2D eigenvalue weighted by Crippen LogP contribution is -2.46. The van der Waals surface area contributed by atoms with Crippen LogP contribution in [0.15, 0.2) is 29.1 Å². The third kappa shape index (κ3) is 6.28. The highest BCUT2D eigenvalue weighted by molar-refractivity contribution is 7.07. The molecule has 0 N–H and O–H groups in total. The Labute approximate surface area is 195 Å². The summed E-state index contributed by atoms with van der Waals surface area (Å²) >= 11 is 1.25. The van der Waals surface area contributed by atoms with E-state index < -0.39 is 5.41 Å². The van der Waals surface area contributed by atoms with Gasteiger partial charge in [0.05, 0.1) is 4.53 Å². The third-order valence-corrected chi connectivity index (χ3v) is 6.37. The van der Waals surface area contributed by atoms with Gasteiger partial charge in [0.25, 0.3) is 5.56 Å². The summed E-state index contributed by atoms with van der Waals surface area (Å²) in [5, 5.41) is 0. The number of hydrogen-bond acceptors (Lipinski definition) is 4. The summed E-state index contributed by atoms with van der Waals surface area (Å²) in [7, 11) is 0. The molecule has 0 aliphatic rings. The number of aromatic nitrogens is 1. The molecule has 0 fully saturated rings. The number of carbonyl (C=O) groups excluding carboxylic acids is 2. The van der Waals surface area contributed by atoms with Crippen molar-refractivity contribution in [2.45, 2.75) is 80.4 Å². The van der Waals surface area contributed by atoms with E-state index in [0.717, 1.165) is 12.0 Å². The topological polar surface area (TPSA) is 59.4 Å². The van der Waals surface area contributed by atoms with Crippen LogP contribution in [0.2, 0.25) is 0 Å². The predicted molar refractivity (Wildman–Crippen MR) is 133 cm³/mol. The summed E-state index contributed by atoms with van der Waals surface area (Å²) in [5.41, 5.74) is 1.32. The minimum atomic E-state index is -0.573. The number of carbonyl (C=O) groups is 2. The lowest BCUT2D eigenvalue weighted by Gasteiger charge is -2.30. The summed E-state index contributed by atoms with van der Waals surface area (Å²) in [5.74, 6) is -0.213. The smallest absolute Gasteiger partial charge is 0.269 e. The van der Waals surface area contributed by atoms with E-state index in [2.05, 4.69) is 6.92 Å². The van der Waals surface area contributed by atoms with Crippen LogP contribution in [0.1, 0.15) is 66.5 Å². The quantitative estimate of drug-likeness (QED) is 0.642. The van der Waals surface area contributed by atoms with E-state index in [9.17, 15) is 14.4 Å². The first kappa shape index (κ1) is 25.8. The molecule has 0 unspecified atom stereocenters. The lowest BCUT2D eigenvalue weighted by molar-refractivity contribution is -0.135. The molecule has 0 saturated heterocycles. The summed E-state index contributed by atoms with van der Waals surface area (Å²) in [6.07, 6.45) is 4.28. The number of amides is 1. The van der Waals surface area contributed by atoms with E-state index in [1.54, 1.807) is 4.90 Å². The Morgan fingerprint density at radius 2 is 1.62 bits per heavy atom. The number of aryl methyl sites for hydroxylation is 1. The van der Waals surface area contributed by atoms with Gasteiger partial charge < -0.3 is 4.90 Å². The van der Waals surface area contributed by atoms with E-state index in [0.29, 0.717) is 9.20 Å². The number of rotatable bonds is 7. The number of nitrogens with zero attached hydrogens (tertiary/aromatic N) is 2. The average Bonchev–Trinajstić information content (AvgIpc) is 2.96. The third-order valence-electron chi connectivity index (χ3n) is 5.31. The highest BCUT2D eigenvalue weighted by Crippen LogP contribution is 2.15. The van der Waals surface area contributed by atoms with Crippen LogP contribution in [0, 0.1) is 5.41 Å². The van der Waals surface area contributed by atoms with Crippen LogP contribution < -0.4 is 14.8 Å². The van der Waals surface area contributed by atoms with Crippen LogP contribution in [-0.4, -0.2) is 33.2 Å². The molecule has 32 heavy (non-hydrogen) atoms. The number of ketones is 1. The summed E-state index contributed by atoms with van der Waals surface area (Å²) in [6.45, 7) is 15.4. The molecule has 5 nitrogen and oxygen atoms in total. The van der Waals surface area contributed by atoms with E-state index >= 15 is 0 Å². The van der Waals surface area contributed by atoms with E-state index in [4.69, 9.17) is 0 Å². The molecule has 1 heterocycles. The first-order chi connectivity index (χ1) is 14.8. The number of Topliss-reactive ketones (excluding diaryl/α,β-unsaturated/α-hetero) is 1. The number of thiazole rings is 1. The Balaban J connectivity index is 2.63. The van der Waals surface area contributed by atoms with E-state index in [-0.39, 0.29) is 35.9 Å². The van der Waals surface area contributed by atoms with Crippen LogP contribution in [0.4, 0.5) is 0 Å². The summed E-state index contributed by atoms with van der Waals surface area (Å²) in [6, 6.07) is 8.08. The van der Waals surface area contributed by atoms with Gasteiger partial charge >= 0.3 is 0 Å². The molecule has 0 spiro atoms. The second-order valence-electron chi connectivity index (χ2n) is 9.68. The van der Waals surface area contributed by atoms with Crippen molar-refractivity contribution in [1.29, 1.82) is 0 Å². The molecule has 1 aromatic carbocycles. The van der Waals surface area contributed by atoms with E-state index in [1.165, 1.54) is 27.5 Å². The highest BCUT2D eigenvalue weighted by atomic mass is 32.1. The monoisotopic (exact) mass is 456 g/mol. The van der Waals surface area contributed by atoms with Gasteiger partial charge in [-0.3, -0.25) is 19.0 Å². The average molecular weight is 457 g/mol. The normalized spacial score (nSPS) is 13.3. The van der Waals surface area contributed by atoms with Crippen molar-refractivity contribution in [1.82, 2.24) is 9.47 Å². The zero-order valence-electron chi connectivity index (χ0n) is 20.6. The largest absolute Gasteiger partial charge is 0.336 e. The molecule has 1 aromatic heterocycles. The van der Waals surface area contributed by atoms with Gasteiger partial charge in [-0.2, -0.15) is 0 Å². The van der Waals surface area contributed by atoms with E-state index in [1.807, 2.05) is 78.8 Å². The van der Waals surface area contributed by atoms with Gasteiger partial charge in [0.2, 0.25) is 5.91 Å². The minimum absolute atomic E-state index is 0.0172. The first-order valence-electron chi connectivity index (χ1n) is 11.2. The molecule has 2 aromatic rings. The molecule has 0 atom stereocenters. The number of hydrogen-bond donors (Lipinski definition) is 0. The molecule has 0 aliphatic heterocycles. The van der Waals surface area contributed by atoms with Gasteiger partial charge in [-0.05, 0) is 51.3 Å². The van der Waals surface area contributed by atoms with Crippen molar-refractivity contribution >= 4 is 35.2 Å². The lowest BCUT2D eigenvalue weighted by atomic mass is 9.91. The predicted octanol–water partition coefficient (Wildman–Crippen LogP) is 3.34. The zero-order valence-corrected chi connectivity index (χ0v) is 21.4. The Morgan fingerprint density at radius 3 is 2.09 bits per heavy atom. The van der Waals surface area contributed by atoms with Crippen LogP contribution in [0.5, 0.6) is 0 Å². The molecule has 0 radical (unpaired) electrons. The van der Waals surface area contributed by atoms with Gasteiger partial charge in [0, 0.05) is 23.6 Å². The van der Waals surface area contributed by atoms with Crippen molar-refractivity contribution < 1.29 is 9.59 Å². The van der Waals surface area contributed by atoms with Gasteiger partial charge in [-0.1, -0.05) is 52.0 Å². The van der Waals surface area contributed by atoms with Gasteiger partial charge in [0.15, 0.2) is 5.78 Å². The fourth-order valence-electron chi connectivity index (χ4n) is 3.51. The second-order valence-corrected chi connectivity index (χ2v) is 10.7. The molecule has 2 rings (SSSR count). The summed E-state index contributed by atoms with van der Waals surface area (Å²) < 4.78 is 2.46. The van der Waals surface area contributed by atoms with Crippen molar-refractivity contribution in [3.63, 3.8) is 0 Å². The molecule has 0 saturated carbocycles. The first-order valence-corrected chi connectivity index (χ1v) is 12.0. The molecular weight excluding hydrogens is 420 g/mol. The zero-order chi connectivity index (χ0) is 24.2. The van der Waals surface area contributed by atoms with Crippen molar-refractivity contribution in [2.24, 2.45) is 5.41 Å². The van der Waals surface area contributed by atoms with Gasteiger partial charge in [0.1, 0.15) is 11.2 Å². The Hall–Kier alpha value is -2.47. The maximum Gasteiger partial charge on any atom is 0.269 e. The Bertz CT molecular complexity index is 1120. The van der Waals surface area contributed by atoms with Crippen molar-refractivity contribution in [2.75, 3.05) is 0 Å². The summed E-state index contributed by atoms with van der Waals surface area (Å²) in [4.78, 5) is 40.8. The minimum Gasteiger partial charge on any atom is -0.336 e. The molecule has 0 aliphatic carbocycles. The fraction of sp³-hybridized carbons (Fsp3) is 0.500. The molecule has 174 valence electrons. The Kier molecular flexibility index (Phi) is 8.41. The maximum atomic E-state index is 13.3. The standard InChI is InChI=1S/C26H36N2O3S/c1-9-19-10-12-20(13-11-19)14-21-25(31)27(16-23(30)28(17(2)3)18(4)5)24(32-21)15-22(29)26(6,7)8/h10-15,17-18H,9,16H2,1-8H3/b21-14+,24-15+.